The Labute approximate surface area is 147 Å². The number of alkyl halides is 3. The van der Waals surface area contributed by atoms with E-state index in [0.29, 0.717) is 11.8 Å². The summed E-state index contributed by atoms with van der Waals surface area (Å²) >= 11 is 0. The fourth-order valence-corrected chi connectivity index (χ4v) is 3.98. The van der Waals surface area contributed by atoms with Gasteiger partial charge in [-0.3, -0.25) is 4.79 Å². The summed E-state index contributed by atoms with van der Waals surface area (Å²) in [5.74, 6) is -0.379. The van der Waals surface area contributed by atoms with Crippen molar-refractivity contribution in [1.82, 2.24) is 5.16 Å². The number of nitrogens with zero attached hydrogens (tertiary/aromatic N) is 1. The lowest BCUT2D eigenvalue weighted by molar-refractivity contribution is -0.137. The van der Waals surface area contributed by atoms with Gasteiger partial charge in [-0.1, -0.05) is 5.16 Å². The maximum Gasteiger partial charge on any atom is 0.418 e. The molecule has 0 unspecified atom stereocenters. The number of anilines is 1. The summed E-state index contributed by atoms with van der Waals surface area (Å²) in [6.45, 7) is 0. The Balaban J connectivity index is 2.24. The van der Waals surface area contributed by atoms with E-state index >= 15 is 0 Å². The number of benzene rings is 1. The molecule has 0 radical (unpaired) electrons. The van der Waals surface area contributed by atoms with Gasteiger partial charge in [0.15, 0.2) is 21.4 Å². The molecule has 2 aromatic rings. The van der Waals surface area contributed by atoms with Gasteiger partial charge in [0, 0.05) is 24.8 Å². The fraction of sp³-hybridized carbons (Fsp3) is 0.375. The van der Waals surface area contributed by atoms with Gasteiger partial charge in [-0.2, -0.15) is 13.2 Å². The molecule has 0 amide bonds. The van der Waals surface area contributed by atoms with E-state index in [1.807, 2.05) is 0 Å². The Hall–Kier alpha value is -2.36. The van der Waals surface area contributed by atoms with Crippen molar-refractivity contribution in [3.05, 3.63) is 40.8 Å². The molecule has 1 heterocycles. The van der Waals surface area contributed by atoms with Crippen LogP contribution < -0.4 is 5.32 Å². The predicted octanol–water partition coefficient (Wildman–Crippen LogP) is 3.25. The highest BCUT2D eigenvalue weighted by Gasteiger charge is 2.39. The van der Waals surface area contributed by atoms with Crippen LogP contribution in [0.3, 0.4) is 0 Å². The molecule has 140 valence electrons. The first kappa shape index (κ1) is 18.4. The van der Waals surface area contributed by atoms with Crippen molar-refractivity contribution in [2.75, 3.05) is 18.6 Å². The molecule has 1 aliphatic rings. The number of carbonyl (C=O) groups excluding carboxylic acids is 1. The number of sulfone groups is 1. The Bertz CT molecular complexity index is 976. The van der Waals surface area contributed by atoms with Crippen molar-refractivity contribution in [3.8, 4) is 0 Å². The number of rotatable bonds is 5. The van der Waals surface area contributed by atoms with Crippen LogP contribution in [0.5, 0.6) is 0 Å². The number of carbonyl (C=O) groups is 1. The molecule has 6 nitrogen and oxygen atoms in total. The number of nitrogens with one attached hydrogen (secondary N) is 1. The number of hydrogen-bond donors (Lipinski definition) is 1. The van der Waals surface area contributed by atoms with Gasteiger partial charge in [-0.25, -0.2) is 8.42 Å². The first-order valence-electron chi connectivity index (χ1n) is 7.67. The summed E-state index contributed by atoms with van der Waals surface area (Å²) in [6, 6.07) is 1.57. The van der Waals surface area contributed by atoms with E-state index in [1.165, 1.54) is 13.2 Å². The van der Waals surface area contributed by atoms with Crippen LogP contribution in [0.25, 0.3) is 0 Å². The van der Waals surface area contributed by atoms with Crippen molar-refractivity contribution >= 4 is 21.3 Å². The Morgan fingerprint density at radius 1 is 1.27 bits per heavy atom. The minimum absolute atomic E-state index is 0.0244. The van der Waals surface area contributed by atoms with E-state index in [1.54, 1.807) is 0 Å². The van der Waals surface area contributed by atoms with Crippen molar-refractivity contribution in [2.45, 2.75) is 29.8 Å². The number of ketones is 1. The van der Waals surface area contributed by atoms with Gasteiger partial charge in [-0.05, 0) is 25.0 Å². The van der Waals surface area contributed by atoms with Crippen molar-refractivity contribution in [1.29, 1.82) is 0 Å². The molecular weight excluding hydrogens is 373 g/mol. The third kappa shape index (κ3) is 3.20. The summed E-state index contributed by atoms with van der Waals surface area (Å²) < 4.78 is 69.2. The average molecular weight is 388 g/mol. The van der Waals surface area contributed by atoms with Gasteiger partial charge in [0.2, 0.25) is 0 Å². The van der Waals surface area contributed by atoms with Crippen molar-refractivity contribution in [3.63, 3.8) is 0 Å². The quantitative estimate of drug-likeness (QED) is 0.791. The highest BCUT2D eigenvalue weighted by molar-refractivity contribution is 7.91. The third-order valence-electron chi connectivity index (χ3n) is 4.12. The molecule has 0 atom stereocenters. The van der Waals surface area contributed by atoms with E-state index < -0.39 is 37.9 Å². The highest BCUT2D eigenvalue weighted by atomic mass is 32.2. The topological polar surface area (TPSA) is 89.3 Å². The van der Waals surface area contributed by atoms with Crippen LogP contribution in [0.15, 0.2) is 27.7 Å². The summed E-state index contributed by atoms with van der Waals surface area (Å²) in [7, 11) is -2.98. The largest absolute Gasteiger partial charge is 0.418 e. The molecule has 1 N–H and O–H groups in total. The normalized spacial score (nSPS) is 15.1. The minimum Gasteiger partial charge on any atom is -0.387 e. The lowest BCUT2D eigenvalue weighted by atomic mass is 9.99. The van der Waals surface area contributed by atoms with Gasteiger partial charge in [-0.15, -0.1) is 0 Å². The zero-order valence-electron chi connectivity index (χ0n) is 13.8. The van der Waals surface area contributed by atoms with Crippen LogP contribution in [0.4, 0.5) is 18.9 Å². The second kappa shape index (κ2) is 6.11. The van der Waals surface area contributed by atoms with Crippen LogP contribution in [0.2, 0.25) is 0 Å². The lowest BCUT2D eigenvalue weighted by Crippen LogP contribution is -2.17. The van der Waals surface area contributed by atoms with Crippen LogP contribution >= 0.6 is 0 Å². The molecule has 1 aromatic carbocycles. The summed E-state index contributed by atoms with van der Waals surface area (Å²) in [5.41, 5.74) is -2.10. The molecular formula is C16H15F3N2O4S. The predicted molar refractivity (Wildman–Crippen MR) is 86.0 cm³/mol. The van der Waals surface area contributed by atoms with Gasteiger partial charge >= 0.3 is 6.18 Å². The minimum atomic E-state index is -4.78. The maximum atomic E-state index is 13.2. The van der Waals surface area contributed by atoms with Crippen LogP contribution in [0.1, 0.15) is 46.0 Å². The zero-order valence-corrected chi connectivity index (χ0v) is 14.7. The first-order chi connectivity index (χ1) is 12.1. The van der Waals surface area contributed by atoms with E-state index in [0.717, 1.165) is 25.2 Å². The van der Waals surface area contributed by atoms with E-state index in [-0.39, 0.29) is 17.0 Å². The molecule has 0 saturated heterocycles. The van der Waals surface area contributed by atoms with Gasteiger partial charge in [0.25, 0.3) is 0 Å². The third-order valence-corrected chi connectivity index (χ3v) is 5.29. The number of aromatic nitrogens is 1. The molecule has 1 saturated carbocycles. The molecule has 0 spiro atoms. The lowest BCUT2D eigenvalue weighted by Gasteiger charge is -2.18. The summed E-state index contributed by atoms with van der Waals surface area (Å²) in [5, 5.41) is 5.86. The molecule has 0 aliphatic heterocycles. The Morgan fingerprint density at radius 2 is 1.92 bits per heavy atom. The standard InChI is InChI=1S/C16H15F3N2O4S/c1-20-12-11(16(17,18)19)6-5-9(15(12)26(2,23)24)13(22)10-7-21-25-14(10)8-3-4-8/h5-8,20H,3-4H2,1-2H3. The molecule has 26 heavy (non-hydrogen) atoms. The van der Waals surface area contributed by atoms with Gasteiger partial charge in [0.05, 0.1) is 23.0 Å². The monoisotopic (exact) mass is 388 g/mol. The maximum absolute atomic E-state index is 13.2. The van der Waals surface area contributed by atoms with Crippen LogP contribution in [-0.4, -0.2) is 32.7 Å². The van der Waals surface area contributed by atoms with Crippen molar-refractivity contribution in [2.24, 2.45) is 0 Å². The Morgan fingerprint density at radius 3 is 2.42 bits per heavy atom. The van der Waals surface area contributed by atoms with Crippen molar-refractivity contribution < 1.29 is 30.9 Å². The smallest absolute Gasteiger partial charge is 0.387 e. The fourth-order valence-electron chi connectivity index (χ4n) is 2.84. The second-order valence-electron chi connectivity index (χ2n) is 6.09. The average Bonchev–Trinajstić information content (AvgIpc) is 3.27. The van der Waals surface area contributed by atoms with Crippen LogP contribution in [-0.2, 0) is 16.0 Å². The number of hydrogen-bond acceptors (Lipinski definition) is 6. The zero-order chi connectivity index (χ0) is 19.3. The van der Waals surface area contributed by atoms with E-state index in [4.69, 9.17) is 4.52 Å². The Kier molecular flexibility index (Phi) is 4.33. The molecule has 1 fully saturated rings. The van der Waals surface area contributed by atoms with Gasteiger partial charge in [0.1, 0.15) is 4.90 Å². The van der Waals surface area contributed by atoms with E-state index in [9.17, 15) is 26.4 Å². The summed E-state index contributed by atoms with van der Waals surface area (Å²) in [6.07, 6.45) is -1.24. The summed E-state index contributed by atoms with van der Waals surface area (Å²) in [4.78, 5) is 12.2. The first-order valence-corrected chi connectivity index (χ1v) is 9.56. The molecule has 1 aromatic heterocycles. The number of halogens is 3. The van der Waals surface area contributed by atoms with Crippen LogP contribution in [0, 0.1) is 0 Å². The van der Waals surface area contributed by atoms with Gasteiger partial charge < -0.3 is 9.84 Å². The SMILES string of the molecule is CNc1c(C(F)(F)F)ccc(C(=O)c2cnoc2C2CC2)c1S(C)(=O)=O. The molecule has 1 aliphatic carbocycles. The van der Waals surface area contributed by atoms with E-state index in [2.05, 4.69) is 10.5 Å². The molecule has 0 bridgehead atoms. The molecule has 3 rings (SSSR count). The molecule has 10 heteroatoms. The highest BCUT2D eigenvalue weighted by Crippen LogP contribution is 2.43. The second-order valence-corrected chi connectivity index (χ2v) is 8.04.